The van der Waals surface area contributed by atoms with Gasteiger partial charge in [0.1, 0.15) is 0 Å². The minimum atomic E-state index is 0.166. The van der Waals surface area contributed by atoms with Crippen LogP contribution in [0.2, 0.25) is 0 Å². The molecule has 0 aliphatic carbocycles. The summed E-state index contributed by atoms with van der Waals surface area (Å²) in [7, 11) is 3.35. The summed E-state index contributed by atoms with van der Waals surface area (Å²) in [5.41, 5.74) is 0. The summed E-state index contributed by atoms with van der Waals surface area (Å²) in [6, 6.07) is 0. The van der Waals surface area contributed by atoms with Crippen molar-refractivity contribution in [3.63, 3.8) is 0 Å². The van der Waals surface area contributed by atoms with E-state index in [4.69, 9.17) is 14.2 Å². The van der Waals surface area contributed by atoms with E-state index >= 15 is 0 Å². The maximum atomic E-state index is 5.29. The zero-order valence-corrected chi connectivity index (χ0v) is 7.79. The molecule has 0 aromatic heterocycles. The van der Waals surface area contributed by atoms with E-state index in [0.29, 0.717) is 13.2 Å². The van der Waals surface area contributed by atoms with Crippen LogP contribution in [-0.2, 0) is 14.2 Å². The van der Waals surface area contributed by atoms with E-state index in [0.717, 1.165) is 0 Å². The van der Waals surface area contributed by atoms with Crippen LogP contribution in [0.4, 0.5) is 0 Å². The van der Waals surface area contributed by atoms with Gasteiger partial charge in [0.15, 0.2) is 0 Å². The van der Waals surface area contributed by atoms with Crippen LogP contribution >= 0.6 is 0 Å². The van der Waals surface area contributed by atoms with Gasteiger partial charge >= 0.3 is 0 Å². The SMILES string of the molecule is COC(C)COCC(C)OC. The van der Waals surface area contributed by atoms with E-state index in [9.17, 15) is 0 Å². The number of methoxy groups -OCH3 is 2. The van der Waals surface area contributed by atoms with E-state index in [1.165, 1.54) is 0 Å². The van der Waals surface area contributed by atoms with Crippen molar-refractivity contribution < 1.29 is 14.2 Å². The maximum absolute atomic E-state index is 5.29. The Morgan fingerprint density at radius 3 is 1.55 bits per heavy atom. The molecular weight excluding hydrogens is 144 g/mol. The van der Waals surface area contributed by atoms with Crippen LogP contribution in [0.5, 0.6) is 0 Å². The fraction of sp³-hybridized carbons (Fsp3) is 1.00. The van der Waals surface area contributed by atoms with Crippen LogP contribution in [0, 0.1) is 0 Å². The minimum absolute atomic E-state index is 0.166. The molecule has 2 atom stereocenters. The summed E-state index contributed by atoms with van der Waals surface area (Å²) in [5, 5.41) is 0. The van der Waals surface area contributed by atoms with Crippen LogP contribution in [0.15, 0.2) is 0 Å². The van der Waals surface area contributed by atoms with Crippen molar-refractivity contribution in [2.75, 3.05) is 27.4 Å². The topological polar surface area (TPSA) is 27.7 Å². The molecule has 0 fully saturated rings. The van der Waals surface area contributed by atoms with E-state index in [1.54, 1.807) is 14.2 Å². The standard InChI is InChI=1S/C8H18O3/c1-7(9-3)5-11-6-8(2)10-4/h7-8H,5-6H2,1-4H3. The summed E-state index contributed by atoms with van der Waals surface area (Å²) >= 11 is 0. The van der Waals surface area contributed by atoms with E-state index < -0.39 is 0 Å². The molecule has 68 valence electrons. The van der Waals surface area contributed by atoms with Crippen molar-refractivity contribution in [1.29, 1.82) is 0 Å². The van der Waals surface area contributed by atoms with Gasteiger partial charge in [0.25, 0.3) is 0 Å². The molecule has 0 spiro atoms. The predicted molar refractivity (Wildman–Crippen MR) is 43.8 cm³/mol. The number of ether oxygens (including phenoxy) is 3. The lowest BCUT2D eigenvalue weighted by Crippen LogP contribution is -2.20. The van der Waals surface area contributed by atoms with Gasteiger partial charge in [-0.3, -0.25) is 0 Å². The Morgan fingerprint density at radius 2 is 1.27 bits per heavy atom. The van der Waals surface area contributed by atoms with Crippen LogP contribution in [0.3, 0.4) is 0 Å². The Hall–Kier alpha value is -0.120. The average Bonchev–Trinajstić information content (AvgIpc) is 2.04. The smallest absolute Gasteiger partial charge is 0.0776 e. The molecule has 0 bridgehead atoms. The van der Waals surface area contributed by atoms with E-state index in [-0.39, 0.29) is 12.2 Å². The highest BCUT2D eigenvalue weighted by molar-refractivity contribution is 4.48. The second-order valence-corrected chi connectivity index (χ2v) is 2.63. The van der Waals surface area contributed by atoms with Gasteiger partial charge in [-0.15, -0.1) is 0 Å². The van der Waals surface area contributed by atoms with Gasteiger partial charge in [-0.25, -0.2) is 0 Å². The molecule has 0 saturated heterocycles. The van der Waals surface area contributed by atoms with E-state index in [1.807, 2.05) is 13.8 Å². The van der Waals surface area contributed by atoms with Gasteiger partial charge in [-0.05, 0) is 13.8 Å². The Kier molecular flexibility index (Phi) is 6.51. The fourth-order valence-corrected chi connectivity index (χ4v) is 0.536. The fourth-order valence-electron chi connectivity index (χ4n) is 0.536. The first-order valence-electron chi connectivity index (χ1n) is 3.84. The lowest BCUT2D eigenvalue weighted by atomic mass is 10.4. The van der Waals surface area contributed by atoms with Gasteiger partial charge in [0.2, 0.25) is 0 Å². The molecule has 0 heterocycles. The number of rotatable bonds is 6. The van der Waals surface area contributed by atoms with E-state index in [2.05, 4.69) is 0 Å². The quantitative estimate of drug-likeness (QED) is 0.584. The molecule has 0 aromatic carbocycles. The predicted octanol–water partition coefficient (Wildman–Crippen LogP) is 1.07. The van der Waals surface area contributed by atoms with Crippen LogP contribution in [-0.4, -0.2) is 39.6 Å². The highest BCUT2D eigenvalue weighted by Gasteiger charge is 2.02. The first-order valence-corrected chi connectivity index (χ1v) is 3.84. The Bertz CT molecular complexity index is 75.4. The average molecular weight is 162 g/mol. The summed E-state index contributed by atoms with van der Waals surface area (Å²) < 4.78 is 15.3. The van der Waals surface area contributed by atoms with Gasteiger partial charge in [-0.2, -0.15) is 0 Å². The zero-order valence-electron chi connectivity index (χ0n) is 7.79. The molecule has 0 saturated carbocycles. The molecule has 0 aliphatic heterocycles. The van der Waals surface area contributed by atoms with Crippen molar-refractivity contribution in [3.05, 3.63) is 0 Å². The molecule has 0 amide bonds. The van der Waals surface area contributed by atoms with Crippen molar-refractivity contribution >= 4 is 0 Å². The van der Waals surface area contributed by atoms with Crippen molar-refractivity contribution in [1.82, 2.24) is 0 Å². The monoisotopic (exact) mass is 162 g/mol. The molecule has 0 aromatic rings. The highest BCUT2D eigenvalue weighted by atomic mass is 16.5. The minimum Gasteiger partial charge on any atom is -0.379 e. The summed E-state index contributed by atoms with van der Waals surface area (Å²) in [4.78, 5) is 0. The second kappa shape index (κ2) is 6.58. The highest BCUT2D eigenvalue weighted by Crippen LogP contribution is 1.92. The first-order chi connectivity index (χ1) is 5.20. The van der Waals surface area contributed by atoms with Crippen molar-refractivity contribution in [2.24, 2.45) is 0 Å². The Labute approximate surface area is 68.6 Å². The molecule has 11 heavy (non-hydrogen) atoms. The lowest BCUT2D eigenvalue weighted by Gasteiger charge is -2.13. The molecule has 0 rings (SSSR count). The van der Waals surface area contributed by atoms with Crippen molar-refractivity contribution in [3.8, 4) is 0 Å². The van der Waals surface area contributed by atoms with Gasteiger partial charge in [0.05, 0.1) is 25.4 Å². The largest absolute Gasteiger partial charge is 0.379 e. The van der Waals surface area contributed by atoms with Crippen molar-refractivity contribution in [2.45, 2.75) is 26.1 Å². The molecule has 0 radical (unpaired) electrons. The molecule has 0 N–H and O–H groups in total. The first kappa shape index (κ1) is 10.9. The summed E-state index contributed by atoms with van der Waals surface area (Å²) in [6.07, 6.45) is 0.332. The maximum Gasteiger partial charge on any atom is 0.0776 e. The molecule has 3 nitrogen and oxygen atoms in total. The molecule has 3 heteroatoms. The number of hydrogen-bond donors (Lipinski definition) is 0. The second-order valence-electron chi connectivity index (χ2n) is 2.63. The lowest BCUT2D eigenvalue weighted by molar-refractivity contribution is -0.0237. The van der Waals surface area contributed by atoms with Crippen LogP contribution in [0.25, 0.3) is 0 Å². The molecule has 0 aliphatic rings. The van der Waals surface area contributed by atoms with Gasteiger partial charge < -0.3 is 14.2 Å². The zero-order chi connectivity index (χ0) is 8.69. The van der Waals surface area contributed by atoms with Gasteiger partial charge in [0, 0.05) is 14.2 Å². The van der Waals surface area contributed by atoms with Crippen LogP contribution in [0.1, 0.15) is 13.8 Å². The molecule has 2 unspecified atom stereocenters. The Morgan fingerprint density at radius 1 is 0.909 bits per heavy atom. The normalized spacial score (nSPS) is 16.4. The molecular formula is C8H18O3. The number of hydrogen-bond acceptors (Lipinski definition) is 3. The van der Waals surface area contributed by atoms with Gasteiger partial charge in [-0.1, -0.05) is 0 Å². The third-order valence-electron chi connectivity index (χ3n) is 1.51. The third kappa shape index (κ3) is 6.28. The Balaban J connectivity index is 3.13. The summed E-state index contributed by atoms with van der Waals surface area (Å²) in [5.74, 6) is 0. The van der Waals surface area contributed by atoms with Crippen LogP contribution < -0.4 is 0 Å². The summed E-state index contributed by atoms with van der Waals surface area (Å²) in [6.45, 7) is 5.20. The third-order valence-corrected chi connectivity index (χ3v) is 1.51.